The summed E-state index contributed by atoms with van der Waals surface area (Å²) in [6, 6.07) is 8.24. The van der Waals surface area contributed by atoms with Gasteiger partial charge in [-0.2, -0.15) is 5.26 Å². The minimum atomic E-state index is 0.0858. The van der Waals surface area contributed by atoms with Crippen LogP contribution in [0.2, 0.25) is 0 Å². The average Bonchev–Trinajstić information content (AvgIpc) is 2.74. The third-order valence-corrected chi connectivity index (χ3v) is 5.58. The molecule has 27 heavy (non-hydrogen) atoms. The van der Waals surface area contributed by atoms with Crippen LogP contribution in [0.5, 0.6) is 0 Å². The minimum absolute atomic E-state index is 0.0858. The number of likely N-dealkylation sites (tertiary alicyclic amines) is 1. The van der Waals surface area contributed by atoms with Crippen LogP contribution >= 0.6 is 0 Å². The van der Waals surface area contributed by atoms with Crippen molar-refractivity contribution < 1.29 is 9.53 Å². The van der Waals surface area contributed by atoms with Gasteiger partial charge in [0.15, 0.2) is 0 Å². The van der Waals surface area contributed by atoms with Crippen molar-refractivity contribution in [2.45, 2.75) is 31.7 Å². The standard InChI is InChI=1S/C20H29N5O2/c1-27-13-9-22-20(26)16-4-3-10-25(15-16)18-7-11-24(12-8-18)19-6-2-5-17(14-21)23-19/h2,5-6,16,18H,3-4,7-13,15H2,1H3,(H,22,26)/t16-/m0/s1. The number of aromatic nitrogens is 1. The molecule has 1 aromatic heterocycles. The van der Waals surface area contributed by atoms with Gasteiger partial charge in [-0.05, 0) is 44.4 Å². The molecule has 1 N–H and O–H groups in total. The molecule has 0 aliphatic carbocycles. The van der Waals surface area contributed by atoms with Gasteiger partial charge in [0, 0.05) is 39.3 Å². The van der Waals surface area contributed by atoms with Gasteiger partial charge >= 0.3 is 0 Å². The maximum Gasteiger partial charge on any atom is 0.224 e. The van der Waals surface area contributed by atoms with Crippen LogP contribution in [0.15, 0.2) is 18.2 Å². The first-order chi connectivity index (χ1) is 13.2. The number of methoxy groups -OCH3 is 1. The van der Waals surface area contributed by atoms with Crippen LogP contribution in [-0.2, 0) is 9.53 Å². The summed E-state index contributed by atoms with van der Waals surface area (Å²) in [6.07, 6.45) is 4.18. The first-order valence-corrected chi connectivity index (χ1v) is 9.84. The van der Waals surface area contributed by atoms with Gasteiger partial charge in [0.05, 0.1) is 12.5 Å². The Labute approximate surface area is 161 Å². The number of nitrogens with zero attached hydrogens (tertiary/aromatic N) is 4. The average molecular weight is 371 g/mol. The van der Waals surface area contributed by atoms with Gasteiger partial charge in [-0.3, -0.25) is 9.69 Å². The molecular weight excluding hydrogens is 342 g/mol. The van der Waals surface area contributed by atoms with E-state index in [0.717, 1.165) is 57.7 Å². The lowest BCUT2D eigenvalue weighted by molar-refractivity contribution is -0.127. The van der Waals surface area contributed by atoms with Crippen LogP contribution in [0.25, 0.3) is 0 Å². The summed E-state index contributed by atoms with van der Waals surface area (Å²) in [5.74, 6) is 1.14. The third kappa shape index (κ3) is 5.18. The van der Waals surface area contributed by atoms with Gasteiger partial charge in [0.1, 0.15) is 17.6 Å². The van der Waals surface area contributed by atoms with E-state index >= 15 is 0 Å². The van der Waals surface area contributed by atoms with Crippen LogP contribution in [0.1, 0.15) is 31.4 Å². The molecule has 3 heterocycles. The molecule has 2 aliphatic heterocycles. The molecule has 0 saturated carbocycles. The van der Waals surface area contributed by atoms with Crippen molar-refractivity contribution in [1.29, 1.82) is 5.26 Å². The fourth-order valence-electron chi connectivity index (χ4n) is 4.09. The molecule has 146 valence electrons. The number of pyridine rings is 1. The zero-order chi connectivity index (χ0) is 19.1. The second-order valence-electron chi connectivity index (χ2n) is 7.33. The van der Waals surface area contributed by atoms with Crippen molar-refractivity contribution in [3.8, 4) is 6.07 Å². The summed E-state index contributed by atoms with van der Waals surface area (Å²) in [5.41, 5.74) is 0.466. The minimum Gasteiger partial charge on any atom is -0.383 e. The Kier molecular flexibility index (Phi) is 7.02. The fourth-order valence-corrected chi connectivity index (χ4v) is 4.09. The van der Waals surface area contributed by atoms with E-state index in [4.69, 9.17) is 10.00 Å². The van der Waals surface area contributed by atoms with Crippen molar-refractivity contribution in [3.05, 3.63) is 23.9 Å². The Morgan fingerprint density at radius 1 is 1.33 bits per heavy atom. The Bertz CT molecular complexity index is 667. The molecule has 1 amide bonds. The van der Waals surface area contributed by atoms with E-state index in [1.807, 2.05) is 12.1 Å². The van der Waals surface area contributed by atoms with Crippen molar-refractivity contribution >= 4 is 11.7 Å². The van der Waals surface area contributed by atoms with Crippen LogP contribution in [0.3, 0.4) is 0 Å². The highest BCUT2D eigenvalue weighted by molar-refractivity contribution is 5.78. The summed E-state index contributed by atoms with van der Waals surface area (Å²) in [7, 11) is 1.65. The molecule has 0 bridgehead atoms. The summed E-state index contributed by atoms with van der Waals surface area (Å²) in [6.45, 7) is 4.95. The first-order valence-electron chi connectivity index (χ1n) is 9.84. The van der Waals surface area contributed by atoms with Crippen molar-refractivity contribution in [2.75, 3.05) is 51.3 Å². The number of anilines is 1. The number of rotatable bonds is 6. The van der Waals surface area contributed by atoms with E-state index in [2.05, 4.69) is 26.2 Å². The molecule has 0 spiro atoms. The van der Waals surface area contributed by atoms with E-state index in [1.165, 1.54) is 0 Å². The molecule has 2 aliphatic rings. The molecule has 0 unspecified atom stereocenters. The Morgan fingerprint density at radius 3 is 2.89 bits per heavy atom. The number of hydrogen-bond donors (Lipinski definition) is 1. The highest BCUT2D eigenvalue weighted by atomic mass is 16.5. The largest absolute Gasteiger partial charge is 0.383 e. The summed E-state index contributed by atoms with van der Waals surface area (Å²) < 4.78 is 5.00. The number of nitrogens with one attached hydrogen (secondary N) is 1. The monoisotopic (exact) mass is 371 g/mol. The van der Waals surface area contributed by atoms with E-state index < -0.39 is 0 Å². The zero-order valence-electron chi connectivity index (χ0n) is 16.1. The van der Waals surface area contributed by atoms with Gasteiger partial charge in [-0.15, -0.1) is 0 Å². The summed E-state index contributed by atoms with van der Waals surface area (Å²) in [4.78, 5) is 21.5. The summed E-state index contributed by atoms with van der Waals surface area (Å²) >= 11 is 0. The van der Waals surface area contributed by atoms with Gasteiger partial charge in [0.2, 0.25) is 5.91 Å². The lowest BCUT2D eigenvalue weighted by Gasteiger charge is -2.42. The van der Waals surface area contributed by atoms with Gasteiger partial charge in [0.25, 0.3) is 0 Å². The van der Waals surface area contributed by atoms with Gasteiger partial charge in [-0.25, -0.2) is 4.98 Å². The van der Waals surface area contributed by atoms with Gasteiger partial charge in [-0.1, -0.05) is 6.07 Å². The highest BCUT2D eigenvalue weighted by Gasteiger charge is 2.31. The number of ether oxygens (including phenoxy) is 1. The topological polar surface area (TPSA) is 81.5 Å². The van der Waals surface area contributed by atoms with Crippen molar-refractivity contribution in [2.24, 2.45) is 5.92 Å². The second-order valence-corrected chi connectivity index (χ2v) is 7.33. The van der Waals surface area contributed by atoms with E-state index in [1.54, 1.807) is 13.2 Å². The number of carbonyl (C=O) groups is 1. The predicted octanol–water partition coefficient (Wildman–Crippen LogP) is 1.40. The predicted molar refractivity (Wildman–Crippen MR) is 103 cm³/mol. The Morgan fingerprint density at radius 2 is 2.15 bits per heavy atom. The smallest absolute Gasteiger partial charge is 0.224 e. The van der Waals surface area contributed by atoms with Crippen molar-refractivity contribution in [3.63, 3.8) is 0 Å². The number of hydrogen-bond acceptors (Lipinski definition) is 6. The van der Waals surface area contributed by atoms with Gasteiger partial charge < -0.3 is 15.0 Å². The molecule has 0 radical (unpaired) electrons. The van der Waals surface area contributed by atoms with Crippen molar-refractivity contribution in [1.82, 2.24) is 15.2 Å². The normalized spacial score (nSPS) is 21.6. The van der Waals surface area contributed by atoms with E-state index in [9.17, 15) is 4.79 Å². The molecule has 2 fully saturated rings. The molecule has 0 aromatic carbocycles. The maximum absolute atomic E-state index is 12.4. The number of carbonyl (C=O) groups excluding carboxylic acids is 1. The molecule has 2 saturated heterocycles. The highest BCUT2D eigenvalue weighted by Crippen LogP contribution is 2.26. The lowest BCUT2D eigenvalue weighted by atomic mass is 9.93. The molecule has 1 atom stereocenters. The van der Waals surface area contributed by atoms with Crippen LogP contribution in [0.4, 0.5) is 5.82 Å². The van der Waals surface area contributed by atoms with Crippen LogP contribution in [0, 0.1) is 17.2 Å². The quantitative estimate of drug-likeness (QED) is 0.761. The Balaban J connectivity index is 1.50. The molecule has 1 aromatic rings. The Hall–Kier alpha value is -2.17. The molecular formula is C20H29N5O2. The maximum atomic E-state index is 12.4. The van der Waals surface area contributed by atoms with Crippen LogP contribution in [-0.4, -0.2) is 68.3 Å². The first kappa shape index (κ1) is 19.6. The van der Waals surface area contributed by atoms with E-state index in [-0.39, 0.29) is 11.8 Å². The molecule has 7 nitrogen and oxygen atoms in total. The SMILES string of the molecule is COCCNC(=O)[C@H]1CCCN(C2CCN(c3cccc(C#N)n3)CC2)C1. The number of piperidine rings is 2. The number of amides is 1. The fraction of sp³-hybridized carbons (Fsp3) is 0.650. The lowest BCUT2D eigenvalue weighted by Crippen LogP contribution is -2.51. The summed E-state index contributed by atoms with van der Waals surface area (Å²) in [5, 5.41) is 12.0. The molecule has 7 heteroatoms. The third-order valence-electron chi connectivity index (χ3n) is 5.58. The number of nitriles is 1. The molecule has 3 rings (SSSR count). The van der Waals surface area contributed by atoms with Crippen LogP contribution < -0.4 is 10.2 Å². The zero-order valence-corrected chi connectivity index (χ0v) is 16.1. The van der Waals surface area contributed by atoms with E-state index in [0.29, 0.717) is 24.9 Å². The second kappa shape index (κ2) is 9.67.